The standard InChI is InChI=1S/C15H27N3S/c1-5-8-18(10-13-6-7-13)15-17-12(4)14(19-15)9-16-11(2)3/h11,13,16H,5-10H2,1-4H3. The minimum atomic E-state index is 0.531. The fraction of sp³-hybridized carbons (Fsp3) is 0.800. The molecular weight excluding hydrogens is 254 g/mol. The van der Waals surface area contributed by atoms with Crippen LogP contribution in [0.1, 0.15) is 50.6 Å². The first-order valence-electron chi connectivity index (χ1n) is 7.54. The average Bonchev–Trinajstić information content (AvgIpc) is 3.09. The first kappa shape index (κ1) is 14.8. The van der Waals surface area contributed by atoms with E-state index in [-0.39, 0.29) is 0 Å². The molecule has 0 atom stereocenters. The first-order valence-corrected chi connectivity index (χ1v) is 8.36. The highest BCUT2D eigenvalue weighted by Crippen LogP contribution is 2.33. The van der Waals surface area contributed by atoms with Crippen LogP contribution in [0.15, 0.2) is 0 Å². The van der Waals surface area contributed by atoms with Crippen LogP contribution in [-0.4, -0.2) is 24.1 Å². The van der Waals surface area contributed by atoms with Crippen LogP contribution >= 0.6 is 11.3 Å². The number of hydrogen-bond donors (Lipinski definition) is 1. The molecule has 1 aromatic heterocycles. The maximum Gasteiger partial charge on any atom is 0.185 e. The predicted molar refractivity (Wildman–Crippen MR) is 84.1 cm³/mol. The zero-order valence-electron chi connectivity index (χ0n) is 12.7. The molecule has 0 aromatic carbocycles. The fourth-order valence-electron chi connectivity index (χ4n) is 2.16. The van der Waals surface area contributed by atoms with Gasteiger partial charge in [0, 0.05) is 30.6 Å². The monoisotopic (exact) mass is 281 g/mol. The zero-order chi connectivity index (χ0) is 13.8. The summed E-state index contributed by atoms with van der Waals surface area (Å²) in [6.45, 7) is 12.1. The van der Waals surface area contributed by atoms with Crippen molar-refractivity contribution < 1.29 is 0 Å². The van der Waals surface area contributed by atoms with Crippen molar-refractivity contribution in [3.8, 4) is 0 Å². The van der Waals surface area contributed by atoms with Crippen molar-refractivity contribution in [2.45, 2.75) is 59.5 Å². The fourth-order valence-corrected chi connectivity index (χ4v) is 3.20. The molecule has 1 fully saturated rings. The lowest BCUT2D eigenvalue weighted by molar-refractivity contribution is 0.591. The lowest BCUT2D eigenvalue weighted by Gasteiger charge is -2.20. The van der Waals surface area contributed by atoms with Crippen molar-refractivity contribution in [2.24, 2.45) is 5.92 Å². The highest BCUT2D eigenvalue weighted by atomic mass is 32.1. The Hall–Kier alpha value is -0.610. The van der Waals surface area contributed by atoms with Gasteiger partial charge in [-0.2, -0.15) is 0 Å². The number of aromatic nitrogens is 1. The van der Waals surface area contributed by atoms with Crippen molar-refractivity contribution in [1.29, 1.82) is 0 Å². The minimum Gasteiger partial charge on any atom is -0.348 e. The molecule has 0 amide bonds. The molecule has 2 rings (SSSR count). The molecule has 3 nitrogen and oxygen atoms in total. The molecule has 1 aliphatic rings. The third-order valence-corrected chi connectivity index (χ3v) is 4.71. The van der Waals surface area contributed by atoms with Gasteiger partial charge in [-0.25, -0.2) is 4.98 Å². The molecule has 0 saturated heterocycles. The van der Waals surface area contributed by atoms with E-state index in [0.717, 1.165) is 19.0 Å². The van der Waals surface area contributed by atoms with Crippen LogP contribution in [-0.2, 0) is 6.54 Å². The third kappa shape index (κ3) is 4.46. The number of nitrogens with one attached hydrogen (secondary N) is 1. The molecule has 1 aromatic rings. The molecule has 0 aliphatic heterocycles. The summed E-state index contributed by atoms with van der Waals surface area (Å²) in [5, 5.41) is 4.72. The SMILES string of the molecule is CCCN(CC1CC1)c1nc(C)c(CNC(C)C)s1. The largest absolute Gasteiger partial charge is 0.348 e. The van der Waals surface area contributed by atoms with E-state index in [4.69, 9.17) is 4.98 Å². The summed E-state index contributed by atoms with van der Waals surface area (Å²) >= 11 is 1.87. The van der Waals surface area contributed by atoms with E-state index in [0.29, 0.717) is 6.04 Å². The van der Waals surface area contributed by atoms with Crippen LogP contribution in [0.3, 0.4) is 0 Å². The Morgan fingerprint density at radius 1 is 1.42 bits per heavy atom. The van der Waals surface area contributed by atoms with Gasteiger partial charge in [0.15, 0.2) is 5.13 Å². The second kappa shape index (κ2) is 6.71. The third-order valence-electron chi connectivity index (χ3n) is 3.49. The van der Waals surface area contributed by atoms with E-state index in [1.165, 1.54) is 41.5 Å². The van der Waals surface area contributed by atoms with Crippen LogP contribution in [0, 0.1) is 12.8 Å². The number of hydrogen-bond acceptors (Lipinski definition) is 4. The normalized spacial score (nSPS) is 15.2. The lowest BCUT2D eigenvalue weighted by atomic mass is 10.3. The van der Waals surface area contributed by atoms with Gasteiger partial charge in [0.05, 0.1) is 5.69 Å². The van der Waals surface area contributed by atoms with Gasteiger partial charge in [-0.05, 0) is 32.1 Å². The van der Waals surface area contributed by atoms with Gasteiger partial charge in [0.25, 0.3) is 0 Å². The van der Waals surface area contributed by atoms with E-state index in [2.05, 4.69) is 37.9 Å². The molecule has 1 aliphatic carbocycles. The number of aryl methyl sites for hydroxylation is 1. The van der Waals surface area contributed by atoms with E-state index < -0.39 is 0 Å². The van der Waals surface area contributed by atoms with Crippen LogP contribution in [0.5, 0.6) is 0 Å². The van der Waals surface area contributed by atoms with Gasteiger partial charge in [0.2, 0.25) is 0 Å². The molecule has 0 bridgehead atoms. The molecule has 4 heteroatoms. The van der Waals surface area contributed by atoms with Gasteiger partial charge in [-0.3, -0.25) is 0 Å². The number of rotatable bonds is 8. The maximum atomic E-state index is 4.79. The average molecular weight is 281 g/mol. The quantitative estimate of drug-likeness (QED) is 0.789. The lowest BCUT2D eigenvalue weighted by Crippen LogP contribution is -2.26. The molecule has 1 heterocycles. The molecule has 1 N–H and O–H groups in total. The van der Waals surface area contributed by atoms with Crippen LogP contribution in [0.4, 0.5) is 5.13 Å². The molecule has 0 radical (unpaired) electrons. The Labute approximate surface area is 121 Å². The summed E-state index contributed by atoms with van der Waals surface area (Å²) in [6, 6.07) is 0.531. The van der Waals surface area contributed by atoms with E-state index in [1.54, 1.807) is 0 Å². The number of thiazole rings is 1. The smallest absolute Gasteiger partial charge is 0.185 e. The molecular formula is C15H27N3S. The first-order chi connectivity index (χ1) is 9.10. The summed E-state index contributed by atoms with van der Waals surface area (Å²) in [6.07, 6.45) is 4.02. The van der Waals surface area contributed by atoms with Gasteiger partial charge in [0.1, 0.15) is 0 Å². The second-order valence-corrected chi connectivity index (χ2v) is 6.99. The van der Waals surface area contributed by atoms with Gasteiger partial charge in [-0.1, -0.05) is 20.8 Å². The van der Waals surface area contributed by atoms with Gasteiger partial charge in [-0.15, -0.1) is 11.3 Å². The van der Waals surface area contributed by atoms with Crippen molar-refractivity contribution in [2.75, 3.05) is 18.0 Å². The highest BCUT2D eigenvalue weighted by Gasteiger charge is 2.25. The Bertz CT molecular complexity index is 396. The summed E-state index contributed by atoms with van der Waals surface area (Å²) in [5.41, 5.74) is 1.20. The number of nitrogens with zero attached hydrogens (tertiary/aromatic N) is 2. The Kier molecular flexibility index (Phi) is 5.22. The zero-order valence-corrected chi connectivity index (χ0v) is 13.5. The van der Waals surface area contributed by atoms with E-state index >= 15 is 0 Å². The summed E-state index contributed by atoms with van der Waals surface area (Å²) in [7, 11) is 0. The minimum absolute atomic E-state index is 0.531. The van der Waals surface area contributed by atoms with Crippen molar-refractivity contribution in [3.63, 3.8) is 0 Å². The second-order valence-electron chi connectivity index (χ2n) is 5.93. The molecule has 0 unspecified atom stereocenters. The summed E-state index contributed by atoms with van der Waals surface area (Å²) in [5.74, 6) is 0.924. The molecule has 1 saturated carbocycles. The topological polar surface area (TPSA) is 28.2 Å². The Balaban J connectivity index is 2.02. The predicted octanol–water partition coefficient (Wildman–Crippen LogP) is 3.58. The Morgan fingerprint density at radius 2 is 2.16 bits per heavy atom. The van der Waals surface area contributed by atoms with E-state index in [1.807, 2.05) is 11.3 Å². The van der Waals surface area contributed by atoms with Crippen LogP contribution in [0.25, 0.3) is 0 Å². The maximum absolute atomic E-state index is 4.79. The van der Waals surface area contributed by atoms with E-state index in [9.17, 15) is 0 Å². The molecule has 108 valence electrons. The van der Waals surface area contributed by atoms with Crippen molar-refractivity contribution in [3.05, 3.63) is 10.6 Å². The van der Waals surface area contributed by atoms with Crippen molar-refractivity contribution in [1.82, 2.24) is 10.3 Å². The summed E-state index contributed by atoms with van der Waals surface area (Å²) < 4.78 is 0. The van der Waals surface area contributed by atoms with Crippen molar-refractivity contribution >= 4 is 16.5 Å². The summed E-state index contributed by atoms with van der Waals surface area (Å²) in [4.78, 5) is 8.68. The molecule has 19 heavy (non-hydrogen) atoms. The van der Waals surface area contributed by atoms with Crippen LogP contribution in [0.2, 0.25) is 0 Å². The van der Waals surface area contributed by atoms with Gasteiger partial charge >= 0.3 is 0 Å². The molecule has 0 spiro atoms. The number of anilines is 1. The van der Waals surface area contributed by atoms with Crippen LogP contribution < -0.4 is 10.2 Å². The highest BCUT2D eigenvalue weighted by molar-refractivity contribution is 7.15. The van der Waals surface area contributed by atoms with Gasteiger partial charge < -0.3 is 10.2 Å². The Morgan fingerprint density at radius 3 is 2.74 bits per heavy atom.